The molecule has 19 heavy (non-hydrogen) atoms. The van der Waals surface area contributed by atoms with Gasteiger partial charge in [-0.1, -0.05) is 0 Å². The Bertz CT molecular complexity index is 225. The molecular weight excluding hydrogens is 293 g/mol. The zero-order valence-corrected chi connectivity index (χ0v) is 17.3. The van der Waals surface area contributed by atoms with E-state index in [-0.39, 0.29) is 114 Å². The molecule has 0 unspecified atom stereocenters. The fourth-order valence-corrected chi connectivity index (χ4v) is 0.428. The fourth-order valence-electron chi connectivity index (χ4n) is 0.428. The average Bonchev–Trinajstić information content (AvgIpc) is 2.12. The molecule has 11 heteroatoms. The van der Waals surface area contributed by atoms with Crippen LogP contribution in [0.5, 0.6) is 0 Å². The third-order valence-corrected chi connectivity index (χ3v) is 1.11. The van der Waals surface area contributed by atoms with Crippen molar-refractivity contribution in [3.8, 4) is 0 Å². The van der Waals surface area contributed by atoms with E-state index in [1.54, 1.807) is 0 Å². The van der Waals surface area contributed by atoms with Gasteiger partial charge in [-0.15, -0.1) is 0 Å². The molecule has 0 aromatic carbocycles. The first kappa shape index (κ1) is 32.0. The smallest absolute Gasteiger partial charge is 0.303 e. The Labute approximate surface area is 175 Å². The number of carbonyl (C=O) groups is 4. The maximum Gasteiger partial charge on any atom is 0.303 e. The van der Waals surface area contributed by atoms with Crippen molar-refractivity contribution >= 4 is 113 Å². The van der Waals surface area contributed by atoms with Gasteiger partial charge in [0.15, 0.2) is 0 Å². The van der Waals surface area contributed by atoms with Crippen LogP contribution in [0.3, 0.4) is 0 Å². The summed E-state index contributed by atoms with van der Waals surface area (Å²) in [7, 11) is 0. The number of carboxylic acid groups (broad SMARTS) is 4. The third-order valence-electron chi connectivity index (χ3n) is 1.11. The van der Waals surface area contributed by atoms with Crippen LogP contribution in [0.15, 0.2) is 0 Å². The molecule has 3 radical (unpaired) electrons. The summed E-state index contributed by atoms with van der Waals surface area (Å²) in [5, 5.41) is 31.6. The van der Waals surface area contributed by atoms with Gasteiger partial charge < -0.3 is 20.4 Å². The molecule has 0 aliphatic carbocycles. The largest absolute Gasteiger partial charge is 0.481 e. The van der Waals surface area contributed by atoms with Gasteiger partial charge in [0.25, 0.3) is 0 Å². The van der Waals surface area contributed by atoms with Gasteiger partial charge in [0.1, 0.15) is 0 Å². The van der Waals surface area contributed by atoms with Crippen LogP contribution in [0.25, 0.3) is 0 Å². The van der Waals surface area contributed by atoms with E-state index in [9.17, 15) is 19.2 Å². The number of carboxylic acids is 4. The Morgan fingerprint density at radius 1 is 0.474 bits per heavy atom. The molecule has 0 aromatic rings. The molecule has 0 saturated carbocycles. The molecule has 0 saturated heterocycles. The van der Waals surface area contributed by atoms with Gasteiger partial charge in [-0.25, -0.2) is 0 Å². The molecule has 0 aliphatic heterocycles. The first-order chi connectivity index (χ1) is 7.25. The second-order valence-electron chi connectivity index (χ2n) is 2.57. The molecule has 0 rings (SSSR count). The first-order valence-electron chi connectivity index (χ1n) is 4.13. The summed E-state index contributed by atoms with van der Waals surface area (Å²) in [6, 6.07) is 0. The van der Waals surface area contributed by atoms with Crippen LogP contribution in [0.4, 0.5) is 0 Å². The van der Waals surface area contributed by atoms with Gasteiger partial charge in [-0.2, -0.15) is 0 Å². The van der Waals surface area contributed by atoms with Crippen molar-refractivity contribution in [2.24, 2.45) is 0 Å². The van der Waals surface area contributed by atoms with Crippen LogP contribution in [0, 0.1) is 0 Å². The zero-order valence-electron chi connectivity index (χ0n) is 11.3. The van der Waals surface area contributed by atoms with E-state index in [2.05, 4.69) is 0 Å². The Morgan fingerprint density at radius 2 is 0.579 bits per heavy atom. The van der Waals surface area contributed by atoms with Crippen molar-refractivity contribution in [1.29, 1.82) is 0 Å². The molecule has 0 bridgehead atoms. The Morgan fingerprint density at radius 3 is 0.632 bits per heavy atom. The van der Waals surface area contributed by atoms with Crippen molar-refractivity contribution in [3.05, 3.63) is 0 Å². The zero-order chi connectivity index (χ0) is 13.1. The molecule has 8 nitrogen and oxygen atoms in total. The summed E-state index contributed by atoms with van der Waals surface area (Å²) in [4.78, 5) is 38.6. The summed E-state index contributed by atoms with van der Waals surface area (Å²) in [5.41, 5.74) is 0. The van der Waals surface area contributed by atoms with E-state index >= 15 is 0 Å². The SMILES string of the molecule is O=C(O)CCC(=O)O.O=C(O)CCC(=O)O.[Na].[Na].[Na]. The Hall–Kier alpha value is 0.880. The molecule has 0 aromatic heterocycles. The minimum atomic E-state index is -1.08. The Balaban J connectivity index is -0.0000000594. The number of hydrogen-bond donors (Lipinski definition) is 4. The summed E-state index contributed by atoms with van der Waals surface area (Å²) >= 11 is 0. The van der Waals surface area contributed by atoms with Gasteiger partial charge >= 0.3 is 23.9 Å². The second kappa shape index (κ2) is 21.2. The Kier molecular flexibility index (Phi) is 35.7. The van der Waals surface area contributed by atoms with E-state index in [1.807, 2.05) is 0 Å². The summed E-state index contributed by atoms with van der Waals surface area (Å²) in [6.07, 6.45) is -1.19. The maximum absolute atomic E-state index is 9.64. The minimum Gasteiger partial charge on any atom is -0.481 e. The molecule has 0 fully saturated rings. The molecule has 0 heterocycles. The average molecular weight is 305 g/mol. The van der Waals surface area contributed by atoms with E-state index in [0.29, 0.717) is 0 Å². The standard InChI is InChI=1S/2C4H6O4.3Na/c2*5-3(6)1-2-4(7)8;;;/h2*1-2H2,(H,5,6)(H,7,8);;;. The number of rotatable bonds is 6. The van der Waals surface area contributed by atoms with Gasteiger partial charge in [0, 0.05) is 88.7 Å². The van der Waals surface area contributed by atoms with E-state index < -0.39 is 23.9 Å². The summed E-state index contributed by atoms with van der Waals surface area (Å²) in [6.45, 7) is 0. The van der Waals surface area contributed by atoms with Gasteiger partial charge in [0.2, 0.25) is 0 Å². The number of aliphatic carboxylic acids is 4. The molecule has 0 aliphatic rings. The molecular formula is C8H12Na3O8. The van der Waals surface area contributed by atoms with Crippen LogP contribution in [-0.4, -0.2) is 133 Å². The molecule has 0 atom stereocenters. The van der Waals surface area contributed by atoms with Crippen LogP contribution in [0.1, 0.15) is 25.7 Å². The van der Waals surface area contributed by atoms with Crippen LogP contribution in [-0.2, 0) is 19.2 Å². The molecule has 95 valence electrons. The molecule has 0 amide bonds. The van der Waals surface area contributed by atoms with Crippen molar-refractivity contribution in [2.45, 2.75) is 25.7 Å². The molecule has 0 spiro atoms. The predicted octanol–water partition coefficient (Wildman–Crippen LogP) is -1.27. The topological polar surface area (TPSA) is 149 Å². The van der Waals surface area contributed by atoms with Crippen LogP contribution in [0.2, 0.25) is 0 Å². The van der Waals surface area contributed by atoms with Gasteiger partial charge in [-0.05, 0) is 0 Å². The predicted molar refractivity (Wildman–Crippen MR) is 66.3 cm³/mol. The maximum atomic E-state index is 9.64. The third kappa shape index (κ3) is 45.4. The van der Waals surface area contributed by atoms with E-state index in [4.69, 9.17) is 20.4 Å². The van der Waals surface area contributed by atoms with Crippen molar-refractivity contribution in [1.82, 2.24) is 0 Å². The second-order valence-corrected chi connectivity index (χ2v) is 2.57. The van der Waals surface area contributed by atoms with Crippen LogP contribution < -0.4 is 0 Å². The monoisotopic (exact) mass is 305 g/mol. The van der Waals surface area contributed by atoms with E-state index in [0.717, 1.165) is 0 Å². The van der Waals surface area contributed by atoms with Crippen molar-refractivity contribution < 1.29 is 39.6 Å². The van der Waals surface area contributed by atoms with Gasteiger partial charge in [-0.3, -0.25) is 19.2 Å². The summed E-state index contributed by atoms with van der Waals surface area (Å²) < 4.78 is 0. The summed E-state index contributed by atoms with van der Waals surface area (Å²) in [5.74, 6) is -4.31. The quantitative estimate of drug-likeness (QED) is 0.444. The van der Waals surface area contributed by atoms with Crippen LogP contribution >= 0.6 is 0 Å². The fraction of sp³-hybridized carbons (Fsp3) is 0.500. The van der Waals surface area contributed by atoms with Gasteiger partial charge in [0.05, 0.1) is 25.7 Å². The number of hydrogen-bond acceptors (Lipinski definition) is 4. The minimum absolute atomic E-state index is 0. The normalized spacial score (nSPS) is 7.16. The van der Waals surface area contributed by atoms with Crippen molar-refractivity contribution in [3.63, 3.8) is 0 Å². The van der Waals surface area contributed by atoms with Crippen molar-refractivity contribution in [2.75, 3.05) is 0 Å². The first-order valence-corrected chi connectivity index (χ1v) is 4.13. The van der Waals surface area contributed by atoms with E-state index in [1.165, 1.54) is 0 Å². The molecule has 4 N–H and O–H groups in total.